The van der Waals surface area contributed by atoms with E-state index in [1.165, 1.54) is 23.6 Å². The van der Waals surface area contributed by atoms with Crippen LogP contribution in [0.5, 0.6) is 5.75 Å². The second kappa shape index (κ2) is 7.32. The van der Waals surface area contributed by atoms with Crippen LogP contribution in [0.25, 0.3) is 10.1 Å². The molecule has 1 aliphatic rings. The molecule has 6 heteroatoms. The van der Waals surface area contributed by atoms with Gasteiger partial charge in [-0.25, -0.2) is 4.39 Å². The molecule has 2 atom stereocenters. The maximum absolute atomic E-state index is 13.8. The zero-order valence-corrected chi connectivity index (χ0v) is 15.7. The highest BCUT2D eigenvalue weighted by Crippen LogP contribution is 2.31. The fourth-order valence-electron chi connectivity index (χ4n) is 3.13. The third kappa shape index (κ3) is 4.14. The van der Waals surface area contributed by atoms with Crippen molar-refractivity contribution in [2.75, 3.05) is 13.7 Å². The van der Waals surface area contributed by atoms with E-state index in [0.29, 0.717) is 0 Å². The largest absolute Gasteiger partial charge is 0.494 e. The third-order valence-electron chi connectivity index (χ3n) is 4.65. The summed E-state index contributed by atoms with van der Waals surface area (Å²) in [7, 11) is 1.48. The van der Waals surface area contributed by atoms with E-state index >= 15 is 0 Å². The summed E-state index contributed by atoms with van der Waals surface area (Å²) in [6.45, 7) is 4.67. The van der Waals surface area contributed by atoms with Crippen LogP contribution < -0.4 is 15.4 Å². The Bertz CT molecular complexity index is 785. The topological polar surface area (TPSA) is 53.5 Å². The van der Waals surface area contributed by atoms with Crippen molar-refractivity contribution in [1.82, 2.24) is 10.6 Å². The minimum atomic E-state index is -0.925. The molecule has 1 aromatic heterocycles. The molecule has 0 amide bonds. The number of rotatable bonds is 6. The van der Waals surface area contributed by atoms with Crippen LogP contribution in [0.15, 0.2) is 30.0 Å². The van der Waals surface area contributed by atoms with Crippen LogP contribution in [0.1, 0.15) is 31.6 Å². The number of thiophene rings is 1. The van der Waals surface area contributed by atoms with Crippen molar-refractivity contribution in [3.63, 3.8) is 0 Å². The van der Waals surface area contributed by atoms with Crippen LogP contribution in [0.2, 0.25) is 0 Å². The van der Waals surface area contributed by atoms with Crippen LogP contribution in [0.3, 0.4) is 0 Å². The Morgan fingerprint density at radius 2 is 2.24 bits per heavy atom. The van der Waals surface area contributed by atoms with Crippen molar-refractivity contribution >= 4 is 21.4 Å². The Morgan fingerprint density at radius 3 is 3.00 bits per heavy atom. The first-order valence-corrected chi connectivity index (χ1v) is 9.36. The smallest absolute Gasteiger partial charge is 0.165 e. The van der Waals surface area contributed by atoms with Crippen LogP contribution in [0.4, 0.5) is 4.39 Å². The first-order chi connectivity index (χ1) is 11.9. The monoisotopic (exact) mass is 364 g/mol. The van der Waals surface area contributed by atoms with Crippen molar-refractivity contribution in [2.45, 2.75) is 44.9 Å². The number of aliphatic hydroxyl groups is 1. The number of fused-ring (bicyclic) bond motifs is 1. The Hall–Kier alpha value is -1.63. The normalized spacial score (nSPS) is 23.4. The number of benzene rings is 1. The maximum atomic E-state index is 13.8. The van der Waals surface area contributed by atoms with E-state index in [0.717, 1.165) is 35.9 Å². The molecule has 136 valence electrons. The van der Waals surface area contributed by atoms with Gasteiger partial charge in [0.15, 0.2) is 11.6 Å². The molecule has 4 nitrogen and oxygen atoms in total. The van der Waals surface area contributed by atoms with Gasteiger partial charge in [0.25, 0.3) is 0 Å². The molecule has 1 aliphatic heterocycles. The molecule has 25 heavy (non-hydrogen) atoms. The van der Waals surface area contributed by atoms with Gasteiger partial charge in [-0.3, -0.25) is 0 Å². The van der Waals surface area contributed by atoms with Crippen molar-refractivity contribution in [1.29, 1.82) is 0 Å². The first-order valence-electron chi connectivity index (χ1n) is 8.54. The minimum absolute atomic E-state index is 0.00161. The summed E-state index contributed by atoms with van der Waals surface area (Å²) in [6, 6.07) is 5.34. The van der Waals surface area contributed by atoms with Crippen molar-refractivity contribution in [3.8, 4) is 5.75 Å². The number of ether oxygens (including phenoxy) is 1. The van der Waals surface area contributed by atoms with Gasteiger partial charge < -0.3 is 20.5 Å². The molecule has 0 radical (unpaired) electrons. The third-order valence-corrected chi connectivity index (χ3v) is 5.81. The predicted molar refractivity (Wildman–Crippen MR) is 101 cm³/mol. The highest BCUT2D eigenvalue weighted by Gasteiger charge is 2.33. The van der Waals surface area contributed by atoms with Crippen LogP contribution in [-0.4, -0.2) is 30.5 Å². The summed E-state index contributed by atoms with van der Waals surface area (Å²) in [4.78, 5) is 1.23. The number of hydrogen-bond donors (Lipinski definition) is 3. The Morgan fingerprint density at radius 1 is 1.44 bits per heavy atom. The Balaban J connectivity index is 1.55. The van der Waals surface area contributed by atoms with E-state index in [4.69, 9.17) is 4.74 Å². The average molecular weight is 364 g/mol. The SMILES string of the molecule is COc1cc2sc(CCCNC3CC(C)=CNC3(C)O)cc2cc1F. The van der Waals surface area contributed by atoms with Gasteiger partial charge >= 0.3 is 0 Å². The molecule has 0 spiro atoms. The summed E-state index contributed by atoms with van der Waals surface area (Å²) in [5.74, 6) is -0.0329. The van der Waals surface area contributed by atoms with E-state index in [2.05, 4.69) is 17.6 Å². The molecule has 0 fully saturated rings. The van der Waals surface area contributed by atoms with Crippen LogP contribution in [-0.2, 0) is 6.42 Å². The van der Waals surface area contributed by atoms with Gasteiger partial charge in [-0.1, -0.05) is 5.57 Å². The molecular weight excluding hydrogens is 339 g/mol. The van der Waals surface area contributed by atoms with Crippen LogP contribution >= 0.6 is 11.3 Å². The summed E-state index contributed by atoms with van der Waals surface area (Å²) < 4.78 is 19.9. The molecule has 3 rings (SSSR count). The highest BCUT2D eigenvalue weighted by molar-refractivity contribution is 7.19. The molecule has 1 aromatic carbocycles. The molecule has 3 N–H and O–H groups in total. The minimum Gasteiger partial charge on any atom is -0.494 e. The summed E-state index contributed by atoms with van der Waals surface area (Å²) in [6.07, 6.45) is 4.60. The lowest BCUT2D eigenvalue weighted by Gasteiger charge is -2.37. The summed E-state index contributed by atoms with van der Waals surface area (Å²) >= 11 is 1.68. The van der Waals surface area contributed by atoms with Gasteiger partial charge in [0.05, 0.1) is 13.2 Å². The predicted octanol–water partition coefficient (Wildman–Crippen LogP) is 3.55. The molecule has 2 heterocycles. The maximum Gasteiger partial charge on any atom is 0.165 e. The average Bonchev–Trinajstić information content (AvgIpc) is 2.95. The van der Waals surface area contributed by atoms with Gasteiger partial charge in [0.2, 0.25) is 0 Å². The lowest BCUT2D eigenvalue weighted by molar-refractivity contribution is -0.00652. The lowest BCUT2D eigenvalue weighted by atomic mass is 9.95. The molecule has 0 saturated heterocycles. The Kier molecular flexibility index (Phi) is 5.32. The Labute approximate surface area is 151 Å². The number of hydrogen-bond acceptors (Lipinski definition) is 5. The molecule has 2 unspecified atom stereocenters. The number of halogens is 1. The van der Waals surface area contributed by atoms with E-state index < -0.39 is 5.72 Å². The molecule has 0 bridgehead atoms. The molecular formula is C19H25FN2O2S. The van der Waals surface area contributed by atoms with E-state index in [1.54, 1.807) is 24.3 Å². The summed E-state index contributed by atoms with van der Waals surface area (Å²) in [5, 5.41) is 17.8. The quantitative estimate of drug-likeness (QED) is 0.686. The lowest BCUT2D eigenvalue weighted by Crippen LogP contribution is -2.58. The van der Waals surface area contributed by atoms with Gasteiger partial charge in [-0.2, -0.15) is 0 Å². The molecule has 0 saturated carbocycles. The van der Waals surface area contributed by atoms with Gasteiger partial charge in [0, 0.05) is 15.6 Å². The number of aryl methyl sites for hydroxylation is 1. The number of nitrogens with one attached hydrogen (secondary N) is 2. The standard InChI is InChI=1S/C19H25FN2O2S/c1-12-7-18(19(2,23)22-11-12)21-6-4-5-14-8-13-9-15(20)16(24-3)10-17(13)25-14/h8-11,18,21-23H,4-7H2,1-3H3. The zero-order chi connectivity index (χ0) is 18.0. The van der Waals surface area contributed by atoms with Gasteiger partial charge in [-0.15, -0.1) is 11.3 Å². The van der Waals surface area contributed by atoms with E-state index in [1.807, 2.05) is 12.3 Å². The first kappa shape index (κ1) is 18.2. The van der Waals surface area contributed by atoms with Crippen molar-refractivity contribution in [3.05, 3.63) is 40.7 Å². The van der Waals surface area contributed by atoms with Gasteiger partial charge in [-0.05, 0) is 63.4 Å². The van der Waals surface area contributed by atoms with Gasteiger partial charge in [0.1, 0.15) is 5.72 Å². The van der Waals surface area contributed by atoms with E-state index in [-0.39, 0.29) is 17.6 Å². The highest BCUT2D eigenvalue weighted by atomic mass is 32.1. The fourth-order valence-corrected chi connectivity index (χ4v) is 4.25. The second-order valence-corrected chi connectivity index (χ2v) is 8.00. The summed E-state index contributed by atoms with van der Waals surface area (Å²) in [5.41, 5.74) is 0.301. The second-order valence-electron chi connectivity index (χ2n) is 6.83. The zero-order valence-electron chi connectivity index (χ0n) is 14.9. The number of methoxy groups -OCH3 is 1. The molecule has 0 aliphatic carbocycles. The fraction of sp³-hybridized carbons (Fsp3) is 0.474. The molecule has 2 aromatic rings. The van der Waals surface area contributed by atoms with Crippen LogP contribution in [0, 0.1) is 5.82 Å². The van der Waals surface area contributed by atoms with Crippen molar-refractivity contribution in [2.24, 2.45) is 0 Å². The van der Waals surface area contributed by atoms with Crippen molar-refractivity contribution < 1.29 is 14.2 Å². The van der Waals surface area contributed by atoms with E-state index in [9.17, 15) is 9.50 Å².